The number of hydrogen-bond donors (Lipinski definition) is 1. The first-order valence-electron chi connectivity index (χ1n) is 11.4. The van der Waals surface area contributed by atoms with E-state index in [-0.39, 0.29) is 29.4 Å². The van der Waals surface area contributed by atoms with Crippen molar-refractivity contribution in [2.45, 2.75) is 62.9 Å². The Morgan fingerprint density at radius 2 is 1.67 bits per heavy atom. The van der Waals surface area contributed by atoms with E-state index in [4.69, 9.17) is 9.47 Å². The average molecular weight is 475 g/mol. The largest absolute Gasteiger partial charge is 0.493 e. The maximum absolute atomic E-state index is 13.5. The van der Waals surface area contributed by atoms with E-state index in [1.807, 2.05) is 26.0 Å². The molecule has 1 saturated carbocycles. The van der Waals surface area contributed by atoms with E-state index in [0.29, 0.717) is 11.5 Å². The van der Waals surface area contributed by atoms with Crippen LogP contribution in [0.4, 0.5) is 0 Å². The smallest absolute Gasteiger partial charge is 0.243 e. The number of amides is 1. The van der Waals surface area contributed by atoms with E-state index in [1.54, 1.807) is 44.6 Å². The Kier molecular flexibility index (Phi) is 8.37. The summed E-state index contributed by atoms with van der Waals surface area (Å²) in [5.74, 6) is 0.841. The van der Waals surface area contributed by atoms with Crippen LogP contribution in [-0.4, -0.2) is 45.4 Å². The molecule has 0 aliphatic heterocycles. The van der Waals surface area contributed by atoms with Crippen molar-refractivity contribution in [2.24, 2.45) is 0 Å². The van der Waals surface area contributed by atoms with E-state index >= 15 is 0 Å². The summed E-state index contributed by atoms with van der Waals surface area (Å²) >= 11 is 0. The monoisotopic (exact) mass is 474 g/mol. The first kappa shape index (κ1) is 25.1. The molecule has 0 heterocycles. The zero-order chi connectivity index (χ0) is 24.0. The Morgan fingerprint density at radius 1 is 1.03 bits per heavy atom. The van der Waals surface area contributed by atoms with Crippen molar-refractivity contribution in [1.82, 2.24) is 9.62 Å². The van der Waals surface area contributed by atoms with E-state index < -0.39 is 10.0 Å². The maximum Gasteiger partial charge on any atom is 0.243 e. The molecule has 0 spiro atoms. The number of benzene rings is 2. The highest BCUT2D eigenvalue weighted by atomic mass is 32.2. The number of nitrogens with zero attached hydrogens (tertiary/aromatic N) is 1. The summed E-state index contributed by atoms with van der Waals surface area (Å²) in [4.78, 5) is 13.2. The van der Waals surface area contributed by atoms with Crippen molar-refractivity contribution in [1.29, 1.82) is 0 Å². The number of carbonyl (C=O) groups is 1. The average Bonchev–Trinajstić information content (AvgIpc) is 2.82. The molecule has 1 N–H and O–H groups in total. The Morgan fingerprint density at radius 3 is 2.27 bits per heavy atom. The Labute approximate surface area is 197 Å². The molecule has 1 atom stereocenters. The third-order valence-electron chi connectivity index (χ3n) is 6.19. The van der Waals surface area contributed by atoms with Gasteiger partial charge >= 0.3 is 0 Å². The lowest BCUT2D eigenvalue weighted by atomic mass is 9.95. The zero-order valence-corrected chi connectivity index (χ0v) is 20.7. The minimum Gasteiger partial charge on any atom is -0.493 e. The molecule has 8 heteroatoms. The quantitative estimate of drug-likeness (QED) is 0.588. The SMILES string of the molecule is COc1ccc([C@H](C)NC(=O)CN(C2CCCCC2)S(=O)(=O)c2ccc(C)cc2)cc1OC. The van der Waals surface area contributed by atoms with Gasteiger partial charge in [-0.05, 0) is 56.5 Å². The van der Waals surface area contributed by atoms with Crippen molar-refractivity contribution in [3.05, 3.63) is 53.6 Å². The Hall–Kier alpha value is -2.58. The van der Waals surface area contributed by atoms with Gasteiger partial charge in [0.15, 0.2) is 11.5 Å². The number of nitrogens with one attached hydrogen (secondary N) is 1. The third-order valence-corrected chi connectivity index (χ3v) is 8.11. The molecule has 0 unspecified atom stereocenters. The van der Waals surface area contributed by atoms with Crippen LogP contribution in [0.25, 0.3) is 0 Å². The first-order chi connectivity index (χ1) is 15.8. The van der Waals surface area contributed by atoms with Gasteiger partial charge in [0.1, 0.15) is 0 Å². The molecular formula is C25H34N2O5S. The van der Waals surface area contributed by atoms with E-state index in [1.165, 1.54) is 4.31 Å². The van der Waals surface area contributed by atoms with Gasteiger partial charge in [-0.15, -0.1) is 0 Å². The van der Waals surface area contributed by atoms with Crippen molar-refractivity contribution >= 4 is 15.9 Å². The van der Waals surface area contributed by atoms with Gasteiger partial charge in [-0.25, -0.2) is 8.42 Å². The molecule has 0 saturated heterocycles. The van der Waals surface area contributed by atoms with Gasteiger partial charge in [-0.1, -0.05) is 43.0 Å². The summed E-state index contributed by atoms with van der Waals surface area (Å²) in [7, 11) is -0.672. The summed E-state index contributed by atoms with van der Waals surface area (Å²) in [5.41, 5.74) is 1.83. The molecule has 0 bridgehead atoms. The van der Waals surface area contributed by atoms with E-state index in [9.17, 15) is 13.2 Å². The van der Waals surface area contributed by atoms with Gasteiger partial charge in [-0.2, -0.15) is 4.31 Å². The van der Waals surface area contributed by atoms with Crippen molar-refractivity contribution < 1.29 is 22.7 Å². The lowest BCUT2D eigenvalue weighted by Crippen LogP contribution is -2.47. The van der Waals surface area contributed by atoms with Crippen molar-refractivity contribution in [2.75, 3.05) is 20.8 Å². The molecule has 0 radical (unpaired) electrons. The molecule has 1 aliphatic carbocycles. The molecular weight excluding hydrogens is 440 g/mol. The second kappa shape index (κ2) is 11.0. The van der Waals surface area contributed by atoms with E-state index in [0.717, 1.165) is 43.2 Å². The molecule has 1 fully saturated rings. The highest BCUT2D eigenvalue weighted by Gasteiger charge is 2.34. The summed E-state index contributed by atoms with van der Waals surface area (Å²) in [6.45, 7) is 3.56. The molecule has 1 aliphatic rings. The van der Waals surface area contributed by atoms with Crippen LogP contribution in [0.5, 0.6) is 11.5 Å². The Balaban J connectivity index is 1.79. The normalized spacial score (nSPS) is 15.8. The third kappa shape index (κ3) is 6.06. The second-order valence-electron chi connectivity index (χ2n) is 8.56. The minimum atomic E-state index is -3.80. The van der Waals surface area contributed by atoms with Gasteiger partial charge in [0.2, 0.25) is 15.9 Å². The standard InChI is InChI=1S/C25H34N2O5S/c1-18-10-13-22(14-11-18)33(29,30)27(21-8-6-5-7-9-21)17-25(28)26-19(2)20-12-15-23(31-3)24(16-20)32-4/h10-16,19,21H,5-9,17H2,1-4H3,(H,26,28)/t19-/m0/s1. The van der Waals surface area contributed by atoms with Gasteiger partial charge in [-0.3, -0.25) is 4.79 Å². The molecule has 3 rings (SSSR count). The lowest BCUT2D eigenvalue weighted by Gasteiger charge is -2.33. The van der Waals surface area contributed by atoms with Gasteiger partial charge in [0.25, 0.3) is 0 Å². The van der Waals surface area contributed by atoms with Crippen molar-refractivity contribution in [3.63, 3.8) is 0 Å². The molecule has 0 aromatic heterocycles. The predicted octanol–water partition coefficient (Wildman–Crippen LogP) is 4.21. The summed E-state index contributed by atoms with van der Waals surface area (Å²) < 4.78 is 39.0. The second-order valence-corrected chi connectivity index (χ2v) is 10.4. The van der Waals surface area contributed by atoms with Gasteiger partial charge in [0, 0.05) is 6.04 Å². The molecule has 2 aromatic rings. The van der Waals surface area contributed by atoms with Crippen LogP contribution < -0.4 is 14.8 Å². The van der Waals surface area contributed by atoms with Crippen LogP contribution in [0.15, 0.2) is 47.4 Å². The predicted molar refractivity (Wildman–Crippen MR) is 128 cm³/mol. The highest BCUT2D eigenvalue weighted by molar-refractivity contribution is 7.89. The number of carbonyl (C=O) groups excluding carboxylic acids is 1. The molecule has 2 aromatic carbocycles. The topological polar surface area (TPSA) is 84.9 Å². The van der Waals surface area contributed by atoms with Crippen LogP contribution in [0.3, 0.4) is 0 Å². The summed E-state index contributed by atoms with van der Waals surface area (Å²) in [6.07, 6.45) is 4.56. The number of aryl methyl sites for hydroxylation is 1. The van der Waals surface area contributed by atoms with Gasteiger partial charge < -0.3 is 14.8 Å². The maximum atomic E-state index is 13.5. The van der Waals surface area contributed by atoms with Crippen LogP contribution >= 0.6 is 0 Å². The number of sulfonamides is 1. The van der Waals surface area contributed by atoms with Crippen LogP contribution in [0.2, 0.25) is 0 Å². The van der Waals surface area contributed by atoms with Gasteiger partial charge in [0.05, 0.1) is 31.7 Å². The minimum absolute atomic E-state index is 0.174. The van der Waals surface area contributed by atoms with Crippen LogP contribution in [0, 0.1) is 6.92 Å². The van der Waals surface area contributed by atoms with E-state index in [2.05, 4.69) is 5.32 Å². The fourth-order valence-corrected chi connectivity index (χ4v) is 5.90. The number of ether oxygens (including phenoxy) is 2. The molecule has 33 heavy (non-hydrogen) atoms. The first-order valence-corrected chi connectivity index (χ1v) is 12.8. The summed E-state index contributed by atoms with van der Waals surface area (Å²) in [5, 5.41) is 2.95. The summed E-state index contributed by atoms with van der Waals surface area (Å²) in [6, 6.07) is 11.7. The van der Waals surface area contributed by atoms with Crippen molar-refractivity contribution in [3.8, 4) is 11.5 Å². The lowest BCUT2D eigenvalue weighted by molar-refractivity contribution is -0.122. The molecule has 7 nitrogen and oxygen atoms in total. The fourth-order valence-electron chi connectivity index (χ4n) is 4.26. The van der Waals surface area contributed by atoms with Crippen LogP contribution in [-0.2, 0) is 14.8 Å². The number of methoxy groups -OCH3 is 2. The highest BCUT2D eigenvalue weighted by Crippen LogP contribution is 2.30. The fraction of sp³-hybridized carbons (Fsp3) is 0.480. The molecule has 180 valence electrons. The number of rotatable bonds is 9. The zero-order valence-electron chi connectivity index (χ0n) is 19.8. The molecule has 1 amide bonds. The Bertz CT molecular complexity index is 1050. The van der Waals surface area contributed by atoms with Crippen LogP contribution in [0.1, 0.15) is 56.2 Å². The number of hydrogen-bond acceptors (Lipinski definition) is 5.